The zero-order chi connectivity index (χ0) is 14.6. The molecular weight excluding hydrogens is 244 g/mol. The highest BCUT2D eigenvalue weighted by molar-refractivity contribution is 5.25. The second kappa shape index (κ2) is 6.73. The van der Waals surface area contributed by atoms with Crippen LogP contribution in [0.5, 0.6) is 0 Å². The van der Waals surface area contributed by atoms with Crippen LogP contribution in [0.3, 0.4) is 0 Å². The number of nitrogens with two attached hydrogens (primary N) is 1. The molecule has 1 aliphatic rings. The van der Waals surface area contributed by atoms with E-state index in [0.29, 0.717) is 0 Å². The van der Waals surface area contributed by atoms with Crippen molar-refractivity contribution in [2.75, 3.05) is 13.1 Å². The maximum absolute atomic E-state index is 6.21. The first-order valence-corrected chi connectivity index (χ1v) is 8.11. The predicted molar refractivity (Wildman–Crippen MR) is 86.7 cm³/mol. The number of nitrogens with zero attached hydrogens (tertiary/aromatic N) is 1. The van der Waals surface area contributed by atoms with E-state index in [1.54, 1.807) is 0 Å². The van der Waals surface area contributed by atoms with E-state index < -0.39 is 0 Å². The van der Waals surface area contributed by atoms with Gasteiger partial charge < -0.3 is 5.73 Å². The number of hydrogen-bond acceptors (Lipinski definition) is 2. The van der Waals surface area contributed by atoms with Gasteiger partial charge in [0.05, 0.1) is 0 Å². The van der Waals surface area contributed by atoms with Gasteiger partial charge in [-0.25, -0.2) is 0 Å². The summed E-state index contributed by atoms with van der Waals surface area (Å²) in [6.45, 7) is 9.77. The monoisotopic (exact) mass is 274 g/mol. The Hall–Kier alpha value is -0.860. The number of hydrogen-bond donors (Lipinski definition) is 1. The molecule has 2 rings (SSSR count). The minimum absolute atomic E-state index is 0.226. The van der Waals surface area contributed by atoms with Crippen molar-refractivity contribution in [3.63, 3.8) is 0 Å². The van der Waals surface area contributed by atoms with Gasteiger partial charge in [-0.3, -0.25) is 4.90 Å². The molecule has 1 saturated carbocycles. The van der Waals surface area contributed by atoms with E-state index in [4.69, 9.17) is 5.73 Å². The molecule has 1 aromatic rings. The lowest BCUT2D eigenvalue weighted by Gasteiger charge is -2.47. The van der Waals surface area contributed by atoms with Crippen LogP contribution in [-0.2, 0) is 6.54 Å². The highest BCUT2D eigenvalue weighted by Gasteiger charge is 2.37. The van der Waals surface area contributed by atoms with E-state index in [1.807, 2.05) is 0 Å². The summed E-state index contributed by atoms with van der Waals surface area (Å²) in [5.41, 5.74) is 9.27. The quantitative estimate of drug-likeness (QED) is 0.886. The molecule has 0 radical (unpaired) electrons. The second-order valence-corrected chi connectivity index (χ2v) is 6.55. The standard InChI is InChI=1S/C18H30N2/c1-4-20(13-17-8-6-5-7-16(17)3)18(14-19)11-9-15(2)10-12-18/h5-8,15H,4,9-14,19H2,1-3H3. The van der Waals surface area contributed by atoms with Crippen LogP contribution < -0.4 is 5.73 Å². The van der Waals surface area contributed by atoms with Crippen molar-refractivity contribution in [2.45, 2.75) is 58.5 Å². The number of benzene rings is 1. The molecule has 0 bridgehead atoms. The third-order valence-corrected chi connectivity index (χ3v) is 5.26. The number of aryl methyl sites for hydroxylation is 1. The Morgan fingerprint density at radius 2 is 1.90 bits per heavy atom. The Morgan fingerprint density at radius 3 is 2.45 bits per heavy atom. The van der Waals surface area contributed by atoms with Crippen molar-refractivity contribution in [2.24, 2.45) is 11.7 Å². The van der Waals surface area contributed by atoms with E-state index in [-0.39, 0.29) is 5.54 Å². The van der Waals surface area contributed by atoms with E-state index >= 15 is 0 Å². The van der Waals surface area contributed by atoms with E-state index in [9.17, 15) is 0 Å². The first-order chi connectivity index (χ1) is 9.61. The van der Waals surface area contributed by atoms with Crippen molar-refractivity contribution in [3.8, 4) is 0 Å². The molecule has 0 saturated heterocycles. The summed E-state index contributed by atoms with van der Waals surface area (Å²) in [7, 11) is 0. The Balaban J connectivity index is 2.16. The average molecular weight is 274 g/mol. The summed E-state index contributed by atoms with van der Waals surface area (Å²) in [6, 6.07) is 8.74. The summed E-state index contributed by atoms with van der Waals surface area (Å²) >= 11 is 0. The molecule has 1 aliphatic carbocycles. The largest absolute Gasteiger partial charge is 0.329 e. The van der Waals surface area contributed by atoms with Crippen LogP contribution in [0.1, 0.15) is 50.7 Å². The van der Waals surface area contributed by atoms with Crippen molar-refractivity contribution >= 4 is 0 Å². The fourth-order valence-electron chi connectivity index (χ4n) is 3.56. The van der Waals surface area contributed by atoms with Crippen LogP contribution >= 0.6 is 0 Å². The Kier molecular flexibility index (Phi) is 5.22. The topological polar surface area (TPSA) is 29.3 Å². The maximum Gasteiger partial charge on any atom is 0.0335 e. The maximum atomic E-state index is 6.21. The summed E-state index contributed by atoms with van der Waals surface area (Å²) < 4.78 is 0. The van der Waals surface area contributed by atoms with Gasteiger partial charge in [0.2, 0.25) is 0 Å². The van der Waals surface area contributed by atoms with Crippen molar-refractivity contribution in [3.05, 3.63) is 35.4 Å². The minimum atomic E-state index is 0.226. The molecule has 112 valence electrons. The molecule has 1 fully saturated rings. The van der Waals surface area contributed by atoms with Gasteiger partial charge >= 0.3 is 0 Å². The van der Waals surface area contributed by atoms with Gasteiger partial charge in [0.25, 0.3) is 0 Å². The Labute approximate surface area is 124 Å². The molecule has 0 aromatic heterocycles. The first-order valence-electron chi connectivity index (χ1n) is 8.11. The molecule has 0 atom stereocenters. The van der Waals surface area contributed by atoms with Crippen molar-refractivity contribution in [1.82, 2.24) is 4.90 Å². The Morgan fingerprint density at radius 1 is 1.25 bits per heavy atom. The molecule has 2 heteroatoms. The first kappa shape index (κ1) is 15.5. The van der Waals surface area contributed by atoms with Crippen LogP contribution in [0, 0.1) is 12.8 Å². The fraction of sp³-hybridized carbons (Fsp3) is 0.667. The SMILES string of the molecule is CCN(Cc1ccccc1C)C1(CN)CCC(C)CC1. The van der Waals surface area contributed by atoms with Gasteiger partial charge in [-0.1, -0.05) is 38.1 Å². The third kappa shape index (κ3) is 3.24. The van der Waals surface area contributed by atoms with E-state index in [2.05, 4.69) is 49.9 Å². The van der Waals surface area contributed by atoms with E-state index in [1.165, 1.54) is 36.8 Å². The highest BCUT2D eigenvalue weighted by Crippen LogP contribution is 2.36. The van der Waals surface area contributed by atoms with Crippen LogP contribution in [-0.4, -0.2) is 23.5 Å². The van der Waals surface area contributed by atoms with Crippen LogP contribution in [0.2, 0.25) is 0 Å². The third-order valence-electron chi connectivity index (χ3n) is 5.26. The normalized spacial score (nSPS) is 26.9. The van der Waals surface area contributed by atoms with Gasteiger partial charge in [0.1, 0.15) is 0 Å². The number of rotatable bonds is 5. The fourth-order valence-corrected chi connectivity index (χ4v) is 3.56. The average Bonchev–Trinajstić information content (AvgIpc) is 2.48. The zero-order valence-corrected chi connectivity index (χ0v) is 13.4. The number of likely N-dealkylation sites (N-methyl/N-ethyl adjacent to an activating group) is 1. The van der Waals surface area contributed by atoms with Gasteiger partial charge in [0, 0.05) is 18.6 Å². The smallest absolute Gasteiger partial charge is 0.0335 e. The lowest BCUT2D eigenvalue weighted by molar-refractivity contribution is 0.0422. The van der Waals surface area contributed by atoms with Crippen LogP contribution in [0.4, 0.5) is 0 Å². The summed E-state index contributed by atoms with van der Waals surface area (Å²) in [6.07, 6.45) is 5.15. The second-order valence-electron chi connectivity index (χ2n) is 6.55. The Bertz CT molecular complexity index is 419. The van der Waals surface area contributed by atoms with Gasteiger partial charge in [-0.15, -0.1) is 0 Å². The summed E-state index contributed by atoms with van der Waals surface area (Å²) in [5.74, 6) is 0.867. The molecule has 0 heterocycles. The molecule has 0 amide bonds. The summed E-state index contributed by atoms with van der Waals surface area (Å²) in [5, 5.41) is 0. The lowest BCUT2D eigenvalue weighted by atomic mass is 9.75. The molecular formula is C18H30N2. The van der Waals surface area contributed by atoms with Gasteiger partial charge in [-0.2, -0.15) is 0 Å². The minimum Gasteiger partial charge on any atom is -0.329 e. The molecule has 0 aliphatic heterocycles. The molecule has 1 aromatic carbocycles. The zero-order valence-electron chi connectivity index (χ0n) is 13.4. The van der Waals surface area contributed by atoms with Crippen LogP contribution in [0.25, 0.3) is 0 Å². The van der Waals surface area contributed by atoms with E-state index in [0.717, 1.165) is 25.6 Å². The highest BCUT2D eigenvalue weighted by atomic mass is 15.2. The molecule has 0 unspecified atom stereocenters. The summed E-state index contributed by atoms with van der Waals surface area (Å²) in [4.78, 5) is 2.63. The van der Waals surface area contributed by atoms with Crippen LogP contribution in [0.15, 0.2) is 24.3 Å². The molecule has 2 N–H and O–H groups in total. The molecule has 0 spiro atoms. The molecule has 20 heavy (non-hydrogen) atoms. The predicted octanol–water partition coefficient (Wildman–Crippen LogP) is 3.72. The lowest BCUT2D eigenvalue weighted by Crippen LogP contribution is -2.55. The van der Waals surface area contributed by atoms with Gasteiger partial charge in [0.15, 0.2) is 0 Å². The molecule has 2 nitrogen and oxygen atoms in total. The van der Waals surface area contributed by atoms with Crippen molar-refractivity contribution < 1.29 is 0 Å². The van der Waals surface area contributed by atoms with Gasteiger partial charge in [-0.05, 0) is 56.2 Å². The van der Waals surface area contributed by atoms with Crippen molar-refractivity contribution in [1.29, 1.82) is 0 Å².